The lowest BCUT2D eigenvalue weighted by Crippen LogP contribution is -2.40. The van der Waals surface area contributed by atoms with Crippen molar-refractivity contribution in [1.82, 2.24) is 15.1 Å². The molecule has 2 rings (SSSR count). The van der Waals surface area contributed by atoms with Crippen LogP contribution in [0, 0.1) is 5.92 Å². The van der Waals surface area contributed by atoms with E-state index in [2.05, 4.69) is 29.1 Å². The van der Waals surface area contributed by atoms with Crippen molar-refractivity contribution in [1.29, 1.82) is 0 Å². The fraction of sp³-hybridized carbons (Fsp3) is 0.950. The molecule has 1 aliphatic carbocycles. The van der Waals surface area contributed by atoms with Gasteiger partial charge in [0.2, 0.25) is 0 Å². The average Bonchev–Trinajstić information content (AvgIpc) is 3.46. The standard InChI is InChI=1S/C20H40N4O/c1-3-21-20(23(2)16-17-25-18-19-10-11-19)22-12-6-4-7-13-24-14-8-5-9-15-24/h19H,3-18H2,1-2H3,(H,21,22). The summed E-state index contributed by atoms with van der Waals surface area (Å²) in [5.74, 6) is 1.87. The molecule has 2 aliphatic rings. The van der Waals surface area contributed by atoms with Crippen molar-refractivity contribution < 1.29 is 4.74 Å². The van der Waals surface area contributed by atoms with Crippen molar-refractivity contribution in [2.24, 2.45) is 10.9 Å². The van der Waals surface area contributed by atoms with Gasteiger partial charge in [0.15, 0.2) is 5.96 Å². The van der Waals surface area contributed by atoms with Crippen molar-refractivity contribution in [2.45, 2.75) is 58.3 Å². The van der Waals surface area contributed by atoms with E-state index < -0.39 is 0 Å². The van der Waals surface area contributed by atoms with Crippen molar-refractivity contribution >= 4 is 5.96 Å². The Balaban J connectivity index is 1.53. The zero-order valence-corrected chi connectivity index (χ0v) is 16.6. The van der Waals surface area contributed by atoms with Gasteiger partial charge in [-0.3, -0.25) is 4.99 Å². The molecular formula is C20H40N4O. The second-order valence-corrected chi connectivity index (χ2v) is 7.64. The fourth-order valence-corrected chi connectivity index (χ4v) is 3.30. The van der Waals surface area contributed by atoms with Crippen LogP contribution in [-0.4, -0.2) is 75.3 Å². The minimum absolute atomic E-state index is 0.799. The molecule has 0 radical (unpaired) electrons. The predicted molar refractivity (Wildman–Crippen MR) is 106 cm³/mol. The van der Waals surface area contributed by atoms with Crippen molar-refractivity contribution in [3.63, 3.8) is 0 Å². The summed E-state index contributed by atoms with van der Waals surface area (Å²) >= 11 is 0. The molecule has 2 fully saturated rings. The third-order valence-electron chi connectivity index (χ3n) is 5.16. The number of guanidine groups is 1. The Morgan fingerprint density at radius 2 is 1.96 bits per heavy atom. The van der Waals surface area contributed by atoms with Gasteiger partial charge in [0.05, 0.1) is 6.61 Å². The van der Waals surface area contributed by atoms with Crippen molar-refractivity contribution in [3.8, 4) is 0 Å². The normalized spacial score (nSPS) is 19.2. The highest BCUT2D eigenvalue weighted by atomic mass is 16.5. The van der Waals surface area contributed by atoms with Gasteiger partial charge in [-0.2, -0.15) is 0 Å². The quantitative estimate of drug-likeness (QED) is 0.333. The van der Waals surface area contributed by atoms with E-state index in [9.17, 15) is 0 Å². The van der Waals surface area contributed by atoms with Gasteiger partial charge >= 0.3 is 0 Å². The molecule has 1 saturated carbocycles. The van der Waals surface area contributed by atoms with E-state index in [-0.39, 0.29) is 0 Å². The third-order valence-corrected chi connectivity index (χ3v) is 5.16. The number of unbranched alkanes of at least 4 members (excludes halogenated alkanes) is 2. The highest BCUT2D eigenvalue weighted by molar-refractivity contribution is 5.79. The zero-order chi connectivity index (χ0) is 17.7. The predicted octanol–water partition coefficient (Wildman–Crippen LogP) is 2.97. The summed E-state index contributed by atoms with van der Waals surface area (Å²) in [6, 6.07) is 0. The summed E-state index contributed by atoms with van der Waals surface area (Å²) in [6.07, 6.45) is 10.7. The molecule has 1 aliphatic heterocycles. The molecule has 146 valence electrons. The summed E-state index contributed by atoms with van der Waals surface area (Å²) in [5, 5.41) is 3.40. The van der Waals surface area contributed by atoms with E-state index in [0.717, 1.165) is 44.7 Å². The maximum Gasteiger partial charge on any atom is 0.193 e. The Morgan fingerprint density at radius 1 is 1.16 bits per heavy atom. The van der Waals surface area contributed by atoms with E-state index in [1.165, 1.54) is 71.0 Å². The van der Waals surface area contributed by atoms with E-state index in [0.29, 0.717) is 0 Å². The minimum Gasteiger partial charge on any atom is -0.379 e. The average molecular weight is 353 g/mol. The summed E-state index contributed by atoms with van der Waals surface area (Å²) in [6.45, 7) is 10.5. The first kappa shape index (κ1) is 20.5. The number of rotatable bonds is 12. The molecule has 5 heteroatoms. The number of likely N-dealkylation sites (tertiary alicyclic amines) is 1. The number of piperidine rings is 1. The molecule has 0 aromatic rings. The van der Waals surface area contributed by atoms with Gasteiger partial charge in [0, 0.05) is 33.3 Å². The second-order valence-electron chi connectivity index (χ2n) is 7.64. The molecule has 25 heavy (non-hydrogen) atoms. The summed E-state index contributed by atoms with van der Waals surface area (Å²) < 4.78 is 5.74. The van der Waals surface area contributed by atoms with Crippen molar-refractivity contribution in [3.05, 3.63) is 0 Å². The number of ether oxygens (including phenoxy) is 1. The molecule has 0 aromatic heterocycles. The fourth-order valence-electron chi connectivity index (χ4n) is 3.30. The number of hydrogen-bond acceptors (Lipinski definition) is 3. The molecule has 5 nitrogen and oxygen atoms in total. The van der Waals surface area contributed by atoms with Crippen LogP contribution in [-0.2, 0) is 4.74 Å². The molecule has 0 unspecified atom stereocenters. The molecule has 0 atom stereocenters. The monoisotopic (exact) mass is 352 g/mol. The number of aliphatic imine (C=N–C) groups is 1. The van der Waals surface area contributed by atoms with Gasteiger partial charge in [-0.1, -0.05) is 12.8 Å². The van der Waals surface area contributed by atoms with Gasteiger partial charge < -0.3 is 19.9 Å². The largest absolute Gasteiger partial charge is 0.379 e. The number of hydrogen-bond donors (Lipinski definition) is 1. The molecule has 0 aromatic carbocycles. The minimum atomic E-state index is 0.799. The highest BCUT2D eigenvalue weighted by Crippen LogP contribution is 2.28. The maximum atomic E-state index is 5.74. The number of nitrogens with zero attached hydrogens (tertiary/aromatic N) is 3. The lowest BCUT2D eigenvalue weighted by Gasteiger charge is -2.26. The van der Waals surface area contributed by atoms with Gasteiger partial charge in [-0.05, 0) is 71.0 Å². The lowest BCUT2D eigenvalue weighted by atomic mass is 10.1. The molecule has 1 saturated heterocycles. The Morgan fingerprint density at radius 3 is 2.68 bits per heavy atom. The van der Waals surface area contributed by atoms with Crippen LogP contribution in [0.15, 0.2) is 4.99 Å². The van der Waals surface area contributed by atoms with Crippen LogP contribution in [0.3, 0.4) is 0 Å². The van der Waals surface area contributed by atoms with Crippen LogP contribution in [0.2, 0.25) is 0 Å². The molecule has 1 N–H and O–H groups in total. The first-order valence-corrected chi connectivity index (χ1v) is 10.6. The van der Waals surface area contributed by atoms with E-state index >= 15 is 0 Å². The van der Waals surface area contributed by atoms with Gasteiger partial charge in [-0.15, -0.1) is 0 Å². The number of nitrogens with one attached hydrogen (secondary N) is 1. The zero-order valence-electron chi connectivity index (χ0n) is 16.6. The maximum absolute atomic E-state index is 5.74. The smallest absolute Gasteiger partial charge is 0.193 e. The Kier molecular flexibility index (Phi) is 10.3. The molecule has 1 heterocycles. The third kappa shape index (κ3) is 9.45. The first-order valence-electron chi connectivity index (χ1n) is 10.6. The molecular weight excluding hydrogens is 312 g/mol. The van der Waals surface area contributed by atoms with Gasteiger partial charge in [-0.25, -0.2) is 0 Å². The second kappa shape index (κ2) is 12.5. The van der Waals surface area contributed by atoms with Crippen LogP contribution >= 0.6 is 0 Å². The number of likely N-dealkylation sites (N-methyl/N-ethyl adjacent to an activating group) is 1. The SMILES string of the molecule is CCNC(=NCCCCCN1CCCCC1)N(C)CCOCC1CC1. The Bertz CT molecular complexity index is 365. The van der Waals surface area contributed by atoms with Crippen LogP contribution in [0.1, 0.15) is 58.3 Å². The molecule has 0 spiro atoms. The summed E-state index contributed by atoms with van der Waals surface area (Å²) in [4.78, 5) is 9.62. The van der Waals surface area contributed by atoms with Gasteiger partial charge in [0.1, 0.15) is 0 Å². The van der Waals surface area contributed by atoms with Crippen molar-refractivity contribution in [2.75, 3.05) is 59.5 Å². The topological polar surface area (TPSA) is 40.1 Å². The first-order chi connectivity index (χ1) is 12.3. The van der Waals surface area contributed by atoms with Crippen LogP contribution in [0.5, 0.6) is 0 Å². The Hall–Kier alpha value is -0.810. The van der Waals surface area contributed by atoms with E-state index in [1.54, 1.807) is 0 Å². The van der Waals surface area contributed by atoms with Gasteiger partial charge in [0.25, 0.3) is 0 Å². The summed E-state index contributed by atoms with van der Waals surface area (Å²) in [5.41, 5.74) is 0. The van der Waals surface area contributed by atoms with Crippen LogP contribution < -0.4 is 5.32 Å². The summed E-state index contributed by atoms with van der Waals surface area (Å²) in [7, 11) is 2.11. The Labute approximate surface area is 155 Å². The highest BCUT2D eigenvalue weighted by Gasteiger charge is 2.21. The molecule has 0 amide bonds. The lowest BCUT2D eigenvalue weighted by molar-refractivity contribution is 0.115. The van der Waals surface area contributed by atoms with E-state index in [4.69, 9.17) is 9.73 Å². The molecule has 0 bridgehead atoms. The van der Waals surface area contributed by atoms with E-state index in [1.807, 2.05) is 0 Å². The van der Waals surface area contributed by atoms with Crippen LogP contribution in [0.4, 0.5) is 0 Å². The van der Waals surface area contributed by atoms with Crippen LogP contribution in [0.25, 0.3) is 0 Å².